The van der Waals surface area contributed by atoms with E-state index >= 15 is 0 Å². The van der Waals surface area contributed by atoms with E-state index in [4.69, 9.17) is 19.9 Å². The van der Waals surface area contributed by atoms with Gasteiger partial charge in [0.2, 0.25) is 5.88 Å². The third-order valence-electron chi connectivity index (χ3n) is 6.33. The van der Waals surface area contributed by atoms with Crippen molar-refractivity contribution in [3.05, 3.63) is 30.1 Å². The van der Waals surface area contributed by atoms with E-state index in [-0.39, 0.29) is 0 Å². The highest BCUT2D eigenvalue weighted by Gasteiger charge is 2.62. The minimum Gasteiger partial charge on any atom is -0.474 e. The highest BCUT2D eigenvalue weighted by atomic mass is 16.6. The molecule has 0 bridgehead atoms. The Hall–Kier alpha value is -3.66. The van der Waals surface area contributed by atoms with Gasteiger partial charge in [-0.2, -0.15) is 0 Å². The van der Waals surface area contributed by atoms with Crippen molar-refractivity contribution >= 4 is 34.2 Å². The molecule has 2 aliphatic heterocycles. The lowest BCUT2D eigenvalue weighted by Gasteiger charge is -2.21. The molecule has 164 valence electrons. The van der Waals surface area contributed by atoms with Gasteiger partial charge < -0.3 is 25.3 Å². The van der Waals surface area contributed by atoms with Crippen LogP contribution in [-0.2, 0) is 9.47 Å². The summed E-state index contributed by atoms with van der Waals surface area (Å²) in [5.41, 5.74) is 9.14. The topological polar surface area (TPSA) is 134 Å². The molecule has 4 N–H and O–H groups in total. The lowest BCUT2D eigenvalue weighted by atomic mass is 10.0. The number of hydrogen-bond acceptors (Lipinski definition) is 9. The van der Waals surface area contributed by atoms with Crippen LogP contribution in [0.25, 0.3) is 22.0 Å². The number of rotatable bonds is 3. The molecule has 1 saturated carbocycles. The highest BCUT2D eigenvalue weighted by Crippen LogP contribution is 2.51. The summed E-state index contributed by atoms with van der Waals surface area (Å²) < 4.78 is 16.6. The molecule has 10 nitrogen and oxygen atoms in total. The molecule has 2 fully saturated rings. The summed E-state index contributed by atoms with van der Waals surface area (Å²) in [6.07, 6.45) is 3.65. The number of hydrogen-bond donors (Lipinski definition) is 3. The van der Waals surface area contributed by atoms with Crippen molar-refractivity contribution in [2.24, 2.45) is 5.92 Å². The number of pyridine rings is 3. The molecule has 3 aliphatic rings. The Morgan fingerprint density at radius 1 is 1.34 bits per heavy atom. The van der Waals surface area contributed by atoms with Gasteiger partial charge in [0.15, 0.2) is 0 Å². The molecule has 32 heavy (non-hydrogen) atoms. The van der Waals surface area contributed by atoms with Crippen molar-refractivity contribution in [1.82, 2.24) is 15.0 Å². The van der Waals surface area contributed by atoms with E-state index in [9.17, 15) is 4.79 Å². The van der Waals surface area contributed by atoms with E-state index in [0.717, 1.165) is 35.2 Å². The Bertz CT molecular complexity index is 1260. The summed E-state index contributed by atoms with van der Waals surface area (Å²) in [4.78, 5) is 25.7. The fourth-order valence-electron chi connectivity index (χ4n) is 4.45. The normalized spacial score (nSPS) is 23.0. The van der Waals surface area contributed by atoms with Crippen LogP contribution in [0.5, 0.6) is 5.88 Å². The van der Waals surface area contributed by atoms with E-state index in [1.165, 1.54) is 0 Å². The Labute approximate surface area is 183 Å². The molecule has 1 amide bonds. The number of ether oxygens (including phenoxy) is 3. The minimum absolute atomic E-state index is 0.305. The van der Waals surface area contributed by atoms with Crippen LogP contribution in [0.1, 0.15) is 12.0 Å². The lowest BCUT2D eigenvalue weighted by molar-refractivity contribution is 0.0546. The second kappa shape index (κ2) is 6.92. The minimum atomic E-state index is -0.534. The fourth-order valence-corrected chi connectivity index (χ4v) is 4.45. The van der Waals surface area contributed by atoms with Crippen LogP contribution in [0.2, 0.25) is 0 Å². The number of nitrogens with zero attached hydrogens (tertiary/aromatic N) is 3. The molecule has 3 aromatic heterocycles. The smallest absolute Gasteiger partial charge is 0.413 e. The van der Waals surface area contributed by atoms with Crippen molar-refractivity contribution < 1.29 is 19.0 Å². The van der Waals surface area contributed by atoms with Crippen molar-refractivity contribution in [1.29, 1.82) is 0 Å². The number of aromatic nitrogens is 3. The van der Waals surface area contributed by atoms with Gasteiger partial charge in [0, 0.05) is 35.8 Å². The first-order valence-corrected chi connectivity index (χ1v) is 10.5. The first kappa shape index (κ1) is 19.1. The lowest BCUT2D eigenvalue weighted by Crippen LogP contribution is -2.26. The van der Waals surface area contributed by atoms with E-state index < -0.39 is 11.7 Å². The maximum atomic E-state index is 12.4. The Morgan fingerprint density at radius 2 is 2.25 bits per heavy atom. The summed E-state index contributed by atoms with van der Waals surface area (Å²) in [6, 6.07) is 3.66. The quantitative estimate of drug-likeness (QED) is 0.569. The third-order valence-corrected chi connectivity index (χ3v) is 6.33. The van der Waals surface area contributed by atoms with Crippen molar-refractivity contribution in [3.63, 3.8) is 0 Å². The number of nitrogens with two attached hydrogens (primary N) is 1. The first-order chi connectivity index (χ1) is 15.5. The van der Waals surface area contributed by atoms with Gasteiger partial charge in [0.05, 0.1) is 18.9 Å². The van der Waals surface area contributed by atoms with Crippen LogP contribution in [0, 0.1) is 12.8 Å². The van der Waals surface area contributed by atoms with Gasteiger partial charge >= 0.3 is 6.09 Å². The zero-order chi connectivity index (χ0) is 21.9. The van der Waals surface area contributed by atoms with Crippen molar-refractivity contribution in [2.75, 3.05) is 42.7 Å². The molecular weight excluding hydrogens is 412 g/mol. The maximum absolute atomic E-state index is 12.4. The molecule has 1 saturated heterocycles. The monoisotopic (exact) mass is 434 g/mol. The molecule has 10 heteroatoms. The first-order valence-electron chi connectivity index (χ1n) is 10.5. The summed E-state index contributed by atoms with van der Waals surface area (Å²) in [5.74, 6) is 1.62. The molecule has 3 aromatic rings. The zero-order valence-electron chi connectivity index (χ0n) is 17.5. The zero-order valence-corrected chi connectivity index (χ0v) is 17.5. The van der Waals surface area contributed by atoms with Gasteiger partial charge in [-0.05, 0) is 36.4 Å². The number of fused-ring (bicyclic) bond motifs is 3. The number of amides is 1. The second-order valence-corrected chi connectivity index (χ2v) is 8.43. The molecule has 1 aliphatic carbocycles. The number of carbonyl (C=O) groups excluding carboxylic acids is 1. The second-order valence-electron chi connectivity index (χ2n) is 8.43. The van der Waals surface area contributed by atoms with Crippen LogP contribution < -0.4 is 21.1 Å². The summed E-state index contributed by atoms with van der Waals surface area (Å²) in [5, 5.41) is 7.54. The average molecular weight is 434 g/mol. The van der Waals surface area contributed by atoms with Gasteiger partial charge in [-0.1, -0.05) is 0 Å². The molecule has 0 radical (unpaired) electrons. The van der Waals surface area contributed by atoms with Crippen LogP contribution >= 0.6 is 0 Å². The number of nitrogens with one attached hydrogen (secondary N) is 2. The van der Waals surface area contributed by atoms with Crippen molar-refractivity contribution in [3.8, 4) is 17.1 Å². The molecule has 1 unspecified atom stereocenters. The van der Waals surface area contributed by atoms with Gasteiger partial charge in [-0.25, -0.2) is 19.7 Å². The average Bonchev–Trinajstić information content (AvgIpc) is 3.31. The molecule has 6 rings (SSSR count). The van der Waals surface area contributed by atoms with Gasteiger partial charge in [0.25, 0.3) is 0 Å². The molecular formula is C22H22N6O4. The number of carbonyl (C=O) groups is 1. The van der Waals surface area contributed by atoms with Crippen LogP contribution in [0.3, 0.4) is 0 Å². The van der Waals surface area contributed by atoms with Crippen LogP contribution in [0.4, 0.5) is 22.1 Å². The molecule has 5 heterocycles. The molecule has 0 aromatic carbocycles. The highest BCUT2D eigenvalue weighted by molar-refractivity contribution is 5.96. The van der Waals surface area contributed by atoms with E-state index in [0.29, 0.717) is 54.3 Å². The van der Waals surface area contributed by atoms with E-state index in [1.807, 2.05) is 13.0 Å². The maximum Gasteiger partial charge on any atom is 0.413 e. The van der Waals surface area contributed by atoms with E-state index in [2.05, 4.69) is 25.6 Å². The number of nitrogen functional groups attached to an aromatic ring is 1. The van der Waals surface area contributed by atoms with Gasteiger partial charge in [0.1, 0.15) is 29.5 Å². The largest absolute Gasteiger partial charge is 0.474 e. The predicted octanol–water partition coefficient (Wildman–Crippen LogP) is 2.72. The van der Waals surface area contributed by atoms with Crippen LogP contribution in [0.15, 0.2) is 24.5 Å². The van der Waals surface area contributed by atoms with Gasteiger partial charge in [-0.15, -0.1) is 0 Å². The summed E-state index contributed by atoms with van der Waals surface area (Å²) in [6.45, 7) is 4.40. The number of anilines is 3. The predicted molar refractivity (Wildman–Crippen MR) is 118 cm³/mol. The Morgan fingerprint density at radius 3 is 3.06 bits per heavy atom. The standard InChI is InChI=1S/C22H22N6O4/c1-11-14(7-26-20-18(11)24-2-3-31-20)16-4-12-5-17(25-8-15(12)19(23)27-16)28-21(29)32-22-6-13(22)9-30-10-22/h4-5,7-8,13,24H,2-3,6,9-10H2,1H3,(H2,23,27)(H,25,28,29)/t13?,22-/m1/s1. The Kier molecular flexibility index (Phi) is 4.12. The molecule has 0 spiro atoms. The SMILES string of the molecule is Cc1c(-c2cc3cc(NC(=O)O[C@]45COCC4C5)ncc3c(N)n2)cnc2c1NCCO2. The van der Waals surface area contributed by atoms with Crippen LogP contribution in [-0.4, -0.2) is 53.0 Å². The summed E-state index contributed by atoms with van der Waals surface area (Å²) in [7, 11) is 0. The summed E-state index contributed by atoms with van der Waals surface area (Å²) >= 11 is 0. The van der Waals surface area contributed by atoms with Gasteiger partial charge in [-0.3, -0.25) is 5.32 Å². The van der Waals surface area contributed by atoms with Crippen molar-refractivity contribution in [2.45, 2.75) is 18.9 Å². The fraction of sp³-hybridized carbons (Fsp3) is 0.364. The molecule has 2 atom stereocenters. The van der Waals surface area contributed by atoms with E-state index in [1.54, 1.807) is 18.5 Å². The third kappa shape index (κ3) is 3.06. The Balaban J connectivity index is 1.31.